The molecule has 0 aliphatic carbocycles. The lowest BCUT2D eigenvalue weighted by atomic mass is 10.1. The molecule has 0 saturated carbocycles. The summed E-state index contributed by atoms with van der Waals surface area (Å²) < 4.78 is 0. The fourth-order valence-electron chi connectivity index (χ4n) is 2.32. The highest BCUT2D eigenvalue weighted by molar-refractivity contribution is 5.95. The second-order valence-corrected chi connectivity index (χ2v) is 5.12. The van der Waals surface area contributed by atoms with Crippen molar-refractivity contribution in [1.29, 1.82) is 0 Å². The topological polar surface area (TPSA) is 85.3 Å². The van der Waals surface area contributed by atoms with Crippen LogP contribution in [0.25, 0.3) is 10.8 Å². The van der Waals surface area contributed by atoms with Crippen molar-refractivity contribution in [3.8, 4) is 5.75 Å². The van der Waals surface area contributed by atoms with Gasteiger partial charge in [0.1, 0.15) is 11.4 Å². The largest absolute Gasteiger partial charge is 0.506 e. The highest BCUT2D eigenvalue weighted by atomic mass is 16.6. The van der Waals surface area contributed by atoms with Gasteiger partial charge >= 0.3 is 5.69 Å². The quantitative estimate of drug-likeness (QED) is 0.523. The molecule has 0 spiro atoms. The number of phenols is 1. The number of aromatic hydroxyl groups is 1. The molecule has 0 bridgehead atoms. The zero-order valence-electron chi connectivity index (χ0n) is 12.3. The van der Waals surface area contributed by atoms with E-state index >= 15 is 0 Å². The molecule has 0 atom stereocenters. The third-order valence-corrected chi connectivity index (χ3v) is 3.47. The molecule has 2 N–H and O–H groups in total. The summed E-state index contributed by atoms with van der Waals surface area (Å²) in [7, 11) is 0. The number of hydrogen-bond donors (Lipinski definition) is 2. The van der Waals surface area contributed by atoms with E-state index in [9.17, 15) is 15.2 Å². The van der Waals surface area contributed by atoms with Crippen LogP contribution in [0.1, 0.15) is 5.56 Å². The summed E-state index contributed by atoms with van der Waals surface area (Å²) in [6.45, 7) is 1.80. The summed E-state index contributed by atoms with van der Waals surface area (Å²) >= 11 is 0. The van der Waals surface area contributed by atoms with E-state index < -0.39 is 0 Å². The van der Waals surface area contributed by atoms with Gasteiger partial charge in [0.15, 0.2) is 5.69 Å². The van der Waals surface area contributed by atoms with Crippen LogP contribution in [0.4, 0.5) is 17.1 Å². The molecule has 114 valence electrons. The summed E-state index contributed by atoms with van der Waals surface area (Å²) in [4.78, 5) is 11.0. The SMILES string of the molecule is Cc1ccc(/N=N/c2c(O)ccc3ccccc23)c([N+](=O)O)c1. The minimum absolute atomic E-state index is 0.00604. The Balaban J connectivity index is 2.11. The van der Waals surface area contributed by atoms with E-state index in [-0.39, 0.29) is 22.0 Å². The molecular formula is C17H14N3O3+. The Bertz CT molecular complexity index is 936. The maximum atomic E-state index is 11.2. The van der Waals surface area contributed by atoms with Gasteiger partial charge in [0.05, 0.1) is 4.91 Å². The first-order valence-corrected chi connectivity index (χ1v) is 6.95. The minimum atomic E-state index is -0.246. The molecule has 0 aromatic heterocycles. The number of rotatable bonds is 3. The molecule has 0 fully saturated rings. The van der Waals surface area contributed by atoms with Crippen LogP contribution in [0.2, 0.25) is 0 Å². The molecule has 3 aromatic carbocycles. The van der Waals surface area contributed by atoms with Crippen molar-refractivity contribution in [3.05, 3.63) is 65.1 Å². The molecule has 0 radical (unpaired) electrons. The van der Waals surface area contributed by atoms with E-state index in [0.717, 1.165) is 16.3 Å². The molecule has 0 aliphatic heterocycles. The lowest BCUT2D eigenvalue weighted by Gasteiger charge is -2.03. The van der Waals surface area contributed by atoms with Crippen LogP contribution in [0.3, 0.4) is 0 Å². The number of aryl methyl sites for hydroxylation is 1. The summed E-state index contributed by atoms with van der Waals surface area (Å²) in [6.07, 6.45) is 0. The Morgan fingerprint density at radius 2 is 1.78 bits per heavy atom. The van der Waals surface area contributed by atoms with Crippen molar-refractivity contribution in [3.63, 3.8) is 0 Å². The first kappa shape index (κ1) is 14.6. The van der Waals surface area contributed by atoms with Gasteiger partial charge in [-0.25, -0.2) is 5.21 Å². The molecule has 0 heterocycles. The van der Waals surface area contributed by atoms with Gasteiger partial charge in [-0.1, -0.05) is 36.4 Å². The van der Waals surface area contributed by atoms with Crippen LogP contribution < -0.4 is 0 Å². The molecule has 0 unspecified atom stereocenters. The van der Waals surface area contributed by atoms with E-state index in [1.807, 2.05) is 24.3 Å². The molecule has 3 rings (SSSR count). The predicted molar refractivity (Wildman–Crippen MR) is 86.0 cm³/mol. The van der Waals surface area contributed by atoms with E-state index in [2.05, 4.69) is 10.2 Å². The van der Waals surface area contributed by atoms with E-state index in [1.54, 1.807) is 31.2 Å². The average Bonchev–Trinajstić information content (AvgIpc) is 2.54. The van der Waals surface area contributed by atoms with E-state index in [4.69, 9.17) is 0 Å². The lowest BCUT2D eigenvalue weighted by molar-refractivity contribution is -0.729. The van der Waals surface area contributed by atoms with Gasteiger partial charge in [0.25, 0.3) is 4.92 Å². The molecule has 3 aromatic rings. The fourth-order valence-corrected chi connectivity index (χ4v) is 2.32. The Hall–Kier alpha value is -3.28. The van der Waals surface area contributed by atoms with Crippen molar-refractivity contribution in [2.75, 3.05) is 0 Å². The maximum absolute atomic E-state index is 11.2. The summed E-state index contributed by atoms with van der Waals surface area (Å²) in [6, 6.07) is 15.6. The first-order valence-electron chi connectivity index (χ1n) is 6.95. The zero-order chi connectivity index (χ0) is 16.4. The van der Waals surface area contributed by atoms with Gasteiger partial charge < -0.3 is 5.11 Å². The number of nitrogens with zero attached hydrogens (tertiary/aromatic N) is 3. The van der Waals surface area contributed by atoms with E-state index in [1.165, 1.54) is 6.07 Å². The molecular weight excluding hydrogens is 294 g/mol. The lowest BCUT2D eigenvalue weighted by Crippen LogP contribution is -1.92. The van der Waals surface area contributed by atoms with Gasteiger partial charge in [-0.3, -0.25) is 0 Å². The number of phenolic OH excluding ortho intramolecular Hbond substituents is 1. The molecule has 6 nitrogen and oxygen atoms in total. The molecule has 6 heteroatoms. The smallest absolute Gasteiger partial charge is 0.344 e. The van der Waals surface area contributed by atoms with Crippen LogP contribution in [-0.2, 0) is 0 Å². The van der Waals surface area contributed by atoms with Crippen molar-refractivity contribution < 1.29 is 15.2 Å². The Morgan fingerprint density at radius 3 is 2.57 bits per heavy atom. The summed E-state index contributed by atoms with van der Waals surface area (Å²) in [5.74, 6) is -0.0101. The van der Waals surface area contributed by atoms with Gasteiger partial charge in [0, 0.05) is 11.5 Å². The van der Waals surface area contributed by atoms with Crippen LogP contribution in [0.15, 0.2) is 64.8 Å². The summed E-state index contributed by atoms with van der Waals surface area (Å²) in [5.41, 5.74) is 1.32. The number of fused-ring (bicyclic) bond motifs is 1. The molecule has 0 amide bonds. The zero-order valence-corrected chi connectivity index (χ0v) is 12.3. The summed E-state index contributed by atoms with van der Waals surface area (Å²) in [5, 5.41) is 29.0. The molecule has 0 aliphatic rings. The first-order chi connectivity index (χ1) is 11.1. The van der Waals surface area contributed by atoms with Crippen molar-refractivity contribution in [2.24, 2.45) is 10.2 Å². The van der Waals surface area contributed by atoms with Crippen molar-refractivity contribution >= 4 is 27.8 Å². The third kappa shape index (κ3) is 2.87. The number of benzene rings is 3. The predicted octanol–water partition coefficient (Wildman–Crippen LogP) is 5.07. The van der Waals surface area contributed by atoms with Crippen LogP contribution in [-0.4, -0.2) is 15.2 Å². The van der Waals surface area contributed by atoms with Crippen molar-refractivity contribution in [1.82, 2.24) is 0 Å². The van der Waals surface area contributed by atoms with Gasteiger partial charge in [-0.2, -0.15) is 0 Å². The monoisotopic (exact) mass is 308 g/mol. The average molecular weight is 308 g/mol. The molecule has 0 saturated heterocycles. The molecule has 23 heavy (non-hydrogen) atoms. The van der Waals surface area contributed by atoms with Crippen LogP contribution in [0.5, 0.6) is 5.75 Å². The highest BCUT2D eigenvalue weighted by Crippen LogP contribution is 2.37. The van der Waals surface area contributed by atoms with Crippen molar-refractivity contribution in [2.45, 2.75) is 6.92 Å². The maximum Gasteiger partial charge on any atom is 0.344 e. The second-order valence-electron chi connectivity index (χ2n) is 5.12. The number of hydrogen-bond acceptors (Lipinski definition) is 4. The van der Waals surface area contributed by atoms with E-state index in [0.29, 0.717) is 5.69 Å². The van der Waals surface area contributed by atoms with Crippen LogP contribution in [0, 0.1) is 11.8 Å². The Labute approximate surface area is 131 Å². The standard InChI is InChI=1S/C17H13N3O3/c1-11-6-8-14(15(10-11)20(22)23)18-19-17-13-5-3-2-4-12(13)7-9-16(17)21/h2-10H,1H3,(H-,18,21,22,23)/p+1. The van der Waals surface area contributed by atoms with Gasteiger partial charge in [0.2, 0.25) is 0 Å². The second kappa shape index (κ2) is 5.84. The normalized spacial score (nSPS) is 11.2. The fraction of sp³-hybridized carbons (Fsp3) is 0.0588. The third-order valence-electron chi connectivity index (χ3n) is 3.47. The van der Waals surface area contributed by atoms with Gasteiger partial charge in [-0.15, -0.1) is 10.2 Å². The minimum Gasteiger partial charge on any atom is -0.506 e. The van der Waals surface area contributed by atoms with Gasteiger partial charge in [-0.05, 0) is 30.0 Å². The Kier molecular flexibility index (Phi) is 3.72. The number of azo groups is 1. The highest BCUT2D eigenvalue weighted by Gasteiger charge is 2.19. The Morgan fingerprint density at radius 1 is 1.00 bits per heavy atom. The van der Waals surface area contributed by atoms with Crippen LogP contribution >= 0.6 is 0 Å².